The molecule has 2 aromatic rings. The Morgan fingerprint density at radius 3 is 2.33 bits per heavy atom. The van der Waals surface area contributed by atoms with Crippen LogP contribution < -0.4 is 9.64 Å². The topological polar surface area (TPSA) is 51.1 Å². The second-order valence-corrected chi connectivity index (χ2v) is 8.07. The van der Waals surface area contributed by atoms with E-state index in [1.165, 1.54) is 4.90 Å². The van der Waals surface area contributed by atoms with Gasteiger partial charge >= 0.3 is 0 Å². The molecule has 24 heavy (non-hydrogen) atoms. The summed E-state index contributed by atoms with van der Waals surface area (Å²) in [6.45, 7) is 2.40. The molecule has 1 saturated heterocycles. The largest absolute Gasteiger partial charge is 0.497 e. The van der Waals surface area contributed by atoms with Gasteiger partial charge in [0.15, 0.2) is 0 Å². The Balaban J connectivity index is 1.71. The van der Waals surface area contributed by atoms with Crippen molar-refractivity contribution in [1.82, 2.24) is 4.31 Å². The van der Waals surface area contributed by atoms with Crippen LogP contribution in [0.1, 0.15) is 0 Å². The van der Waals surface area contributed by atoms with Crippen LogP contribution in [-0.2, 0) is 10.0 Å². The van der Waals surface area contributed by atoms with Crippen molar-refractivity contribution in [1.29, 1.82) is 0 Å². The SMILES string of the molecule is COc1ccc(S(=O)(=O)N2CC[NH+](c3cccc(Cl)c3)CC2)cc1. The number of hydrogen-bond acceptors (Lipinski definition) is 3. The lowest BCUT2D eigenvalue weighted by molar-refractivity contribution is -0.837. The summed E-state index contributed by atoms with van der Waals surface area (Å²) in [7, 11) is -1.91. The van der Waals surface area contributed by atoms with Crippen molar-refractivity contribution in [3.8, 4) is 5.75 Å². The molecule has 3 rings (SSSR count). The van der Waals surface area contributed by atoms with Crippen LogP contribution in [0.2, 0.25) is 5.02 Å². The van der Waals surface area contributed by atoms with Gasteiger partial charge in [-0.15, -0.1) is 0 Å². The highest BCUT2D eigenvalue weighted by Crippen LogP contribution is 2.20. The first-order valence-corrected chi connectivity index (χ1v) is 9.57. The van der Waals surface area contributed by atoms with Crippen molar-refractivity contribution in [3.05, 3.63) is 53.6 Å². The number of hydrogen-bond donors (Lipinski definition) is 1. The van der Waals surface area contributed by atoms with Gasteiger partial charge in [0.25, 0.3) is 0 Å². The third kappa shape index (κ3) is 3.57. The summed E-state index contributed by atoms with van der Waals surface area (Å²) in [5, 5.41) is 0.702. The van der Waals surface area contributed by atoms with E-state index in [0.717, 1.165) is 18.8 Å². The van der Waals surface area contributed by atoms with Crippen molar-refractivity contribution in [3.63, 3.8) is 0 Å². The van der Waals surface area contributed by atoms with E-state index in [0.29, 0.717) is 28.8 Å². The summed E-state index contributed by atoms with van der Waals surface area (Å²) >= 11 is 6.04. The van der Waals surface area contributed by atoms with Gasteiger partial charge in [-0.1, -0.05) is 17.7 Å². The summed E-state index contributed by atoms with van der Waals surface area (Å²) in [4.78, 5) is 1.55. The van der Waals surface area contributed by atoms with E-state index in [4.69, 9.17) is 16.3 Å². The number of sulfonamides is 1. The van der Waals surface area contributed by atoms with Gasteiger partial charge in [-0.25, -0.2) is 8.42 Å². The molecule has 1 heterocycles. The predicted octanol–water partition coefficient (Wildman–Crippen LogP) is 1.57. The minimum absolute atomic E-state index is 0.300. The maximum Gasteiger partial charge on any atom is 0.243 e. The van der Waals surface area contributed by atoms with Crippen LogP contribution in [0.3, 0.4) is 0 Å². The van der Waals surface area contributed by atoms with Gasteiger partial charge in [-0.2, -0.15) is 4.31 Å². The molecule has 0 aromatic heterocycles. The number of benzene rings is 2. The number of piperazine rings is 1. The first kappa shape index (κ1) is 17.2. The second kappa shape index (κ2) is 7.11. The number of halogens is 1. The highest BCUT2D eigenvalue weighted by molar-refractivity contribution is 7.89. The summed E-state index contributed by atoms with van der Waals surface area (Å²) in [5.74, 6) is 0.643. The van der Waals surface area contributed by atoms with Gasteiger partial charge in [0.1, 0.15) is 11.4 Å². The highest BCUT2D eigenvalue weighted by Gasteiger charge is 2.31. The van der Waals surface area contributed by atoms with Crippen LogP contribution in [-0.4, -0.2) is 46.0 Å². The van der Waals surface area contributed by atoms with Gasteiger partial charge in [0, 0.05) is 11.1 Å². The number of ether oxygens (including phenoxy) is 1. The number of methoxy groups -OCH3 is 1. The molecule has 1 N–H and O–H groups in total. The Morgan fingerprint density at radius 2 is 1.75 bits per heavy atom. The minimum Gasteiger partial charge on any atom is -0.497 e. The van der Waals surface area contributed by atoms with E-state index in [1.54, 1.807) is 35.7 Å². The van der Waals surface area contributed by atoms with E-state index < -0.39 is 10.0 Å². The zero-order chi connectivity index (χ0) is 17.2. The lowest BCUT2D eigenvalue weighted by atomic mass is 10.2. The van der Waals surface area contributed by atoms with Crippen LogP contribution >= 0.6 is 11.6 Å². The van der Waals surface area contributed by atoms with Crippen LogP contribution in [0.5, 0.6) is 5.75 Å². The molecule has 1 fully saturated rings. The summed E-state index contributed by atoms with van der Waals surface area (Å²) in [6.07, 6.45) is 0. The summed E-state index contributed by atoms with van der Waals surface area (Å²) in [5.41, 5.74) is 1.10. The normalized spacial score (nSPS) is 16.9. The smallest absolute Gasteiger partial charge is 0.243 e. The quantitative estimate of drug-likeness (QED) is 0.892. The van der Waals surface area contributed by atoms with Crippen molar-refractivity contribution in [2.75, 3.05) is 33.3 Å². The van der Waals surface area contributed by atoms with Crippen molar-refractivity contribution in [2.45, 2.75) is 4.90 Å². The van der Waals surface area contributed by atoms with E-state index in [9.17, 15) is 8.42 Å². The lowest BCUT2D eigenvalue weighted by Gasteiger charge is -2.31. The average Bonchev–Trinajstić information content (AvgIpc) is 2.62. The third-order valence-electron chi connectivity index (χ3n) is 4.26. The standard InChI is InChI=1S/C17H19ClN2O3S/c1-23-16-5-7-17(8-6-16)24(21,22)20-11-9-19(10-12-20)15-4-2-3-14(18)13-15/h2-8,13H,9-12H2,1H3/p+1. The molecule has 0 aliphatic carbocycles. The van der Waals surface area contributed by atoms with Gasteiger partial charge < -0.3 is 9.64 Å². The maximum atomic E-state index is 12.7. The highest BCUT2D eigenvalue weighted by atomic mass is 35.5. The molecular weight excluding hydrogens is 348 g/mol. The lowest BCUT2D eigenvalue weighted by Crippen LogP contribution is -3.10. The molecule has 128 valence electrons. The Labute approximate surface area is 147 Å². The molecule has 0 spiro atoms. The molecule has 1 aliphatic heterocycles. The number of nitrogens with one attached hydrogen (secondary N) is 1. The molecule has 0 amide bonds. The van der Waals surface area contributed by atoms with E-state index in [2.05, 4.69) is 0 Å². The summed E-state index contributed by atoms with van der Waals surface area (Å²) in [6, 6.07) is 14.2. The Morgan fingerprint density at radius 1 is 1.08 bits per heavy atom. The zero-order valence-electron chi connectivity index (χ0n) is 13.4. The third-order valence-corrected chi connectivity index (χ3v) is 6.40. The Kier molecular flexibility index (Phi) is 5.10. The molecule has 1 aliphatic rings. The first-order valence-electron chi connectivity index (χ1n) is 7.75. The van der Waals surface area contributed by atoms with Gasteiger partial charge in [0.05, 0.1) is 38.2 Å². The fourth-order valence-electron chi connectivity index (χ4n) is 2.89. The van der Waals surface area contributed by atoms with Crippen LogP contribution in [0, 0.1) is 0 Å². The zero-order valence-corrected chi connectivity index (χ0v) is 15.0. The van der Waals surface area contributed by atoms with Crippen LogP contribution in [0.25, 0.3) is 0 Å². The Hall–Kier alpha value is -1.60. The number of rotatable bonds is 4. The van der Waals surface area contributed by atoms with Gasteiger partial charge in [-0.05, 0) is 36.4 Å². The number of nitrogens with zero attached hydrogens (tertiary/aromatic N) is 1. The molecular formula is C17H20ClN2O3S+. The average molecular weight is 368 g/mol. The molecule has 2 aromatic carbocycles. The molecule has 5 nitrogen and oxygen atoms in total. The van der Waals surface area contributed by atoms with E-state index in [1.807, 2.05) is 24.3 Å². The van der Waals surface area contributed by atoms with Gasteiger partial charge in [0.2, 0.25) is 10.0 Å². The Bertz CT molecular complexity index is 801. The summed E-state index contributed by atoms with van der Waals surface area (Å²) < 4.78 is 32.1. The molecule has 0 radical (unpaired) electrons. The molecule has 0 unspecified atom stereocenters. The second-order valence-electron chi connectivity index (χ2n) is 5.69. The maximum absolute atomic E-state index is 12.7. The van der Waals surface area contributed by atoms with E-state index >= 15 is 0 Å². The van der Waals surface area contributed by atoms with E-state index in [-0.39, 0.29) is 0 Å². The van der Waals surface area contributed by atoms with Crippen molar-refractivity contribution in [2.24, 2.45) is 0 Å². The fraction of sp³-hybridized carbons (Fsp3) is 0.294. The first-order chi connectivity index (χ1) is 11.5. The predicted molar refractivity (Wildman–Crippen MR) is 93.6 cm³/mol. The fourth-order valence-corrected chi connectivity index (χ4v) is 4.52. The minimum atomic E-state index is -3.46. The van der Waals surface area contributed by atoms with Crippen molar-refractivity contribution < 1.29 is 18.1 Å². The number of quaternary nitrogens is 1. The van der Waals surface area contributed by atoms with Crippen LogP contribution in [0.15, 0.2) is 53.4 Å². The monoisotopic (exact) mass is 367 g/mol. The van der Waals surface area contributed by atoms with Gasteiger partial charge in [-0.3, -0.25) is 0 Å². The van der Waals surface area contributed by atoms with Crippen LogP contribution in [0.4, 0.5) is 5.69 Å². The molecule has 7 heteroatoms. The molecule has 0 saturated carbocycles. The van der Waals surface area contributed by atoms with Crippen molar-refractivity contribution >= 4 is 27.3 Å². The molecule has 0 bridgehead atoms. The molecule has 0 atom stereocenters.